The Bertz CT molecular complexity index is 1820. The van der Waals surface area contributed by atoms with Gasteiger partial charge in [-0.3, -0.25) is 0 Å². The molecule has 0 fully saturated rings. The molecule has 0 amide bonds. The summed E-state index contributed by atoms with van der Waals surface area (Å²) in [5, 5.41) is 0. The smallest absolute Gasteiger partial charge is 0.0152 e. The summed E-state index contributed by atoms with van der Waals surface area (Å²) in [6, 6.07) is 48.3. The summed E-state index contributed by atoms with van der Waals surface area (Å²) in [5.74, 6) is 0. The summed E-state index contributed by atoms with van der Waals surface area (Å²) >= 11 is 9.41. The first kappa shape index (κ1) is 26.9. The van der Waals surface area contributed by atoms with Crippen molar-refractivity contribution >= 4 is 25.3 Å². The molecule has 0 heterocycles. The van der Waals surface area contributed by atoms with E-state index in [1.807, 2.05) is 24.3 Å². The summed E-state index contributed by atoms with van der Waals surface area (Å²) in [5.41, 5.74) is 15.1. The van der Waals surface area contributed by atoms with Gasteiger partial charge in [0.1, 0.15) is 0 Å². The molecule has 0 saturated carbocycles. The van der Waals surface area contributed by atoms with E-state index in [-0.39, 0.29) is 5.41 Å². The molecule has 0 radical (unpaired) electrons. The molecular formula is C40H32S2. The van der Waals surface area contributed by atoms with Crippen molar-refractivity contribution in [3.8, 4) is 44.5 Å². The third-order valence-corrected chi connectivity index (χ3v) is 9.55. The van der Waals surface area contributed by atoms with Crippen LogP contribution in [0.3, 0.4) is 0 Å². The van der Waals surface area contributed by atoms with Gasteiger partial charge in [0, 0.05) is 15.2 Å². The molecule has 0 bridgehead atoms. The summed E-state index contributed by atoms with van der Waals surface area (Å²) in [7, 11) is 0. The number of thiol groups is 2. The summed E-state index contributed by atoms with van der Waals surface area (Å²) < 4.78 is 0. The predicted molar refractivity (Wildman–Crippen MR) is 184 cm³/mol. The van der Waals surface area contributed by atoms with Gasteiger partial charge in [0.15, 0.2) is 0 Å². The van der Waals surface area contributed by atoms with Crippen molar-refractivity contribution in [2.45, 2.75) is 35.5 Å². The molecule has 2 heteroatoms. The van der Waals surface area contributed by atoms with Gasteiger partial charge in [-0.2, -0.15) is 0 Å². The van der Waals surface area contributed by atoms with E-state index in [0.29, 0.717) is 0 Å². The highest BCUT2D eigenvalue weighted by Gasteiger charge is 2.33. The minimum Gasteiger partial charge on any atom is -0.143 e. The quantitative estimate of drug-likeness (QED) is 0.192. The molecule has 42 heavy (non-hydrogen) atoms. The lowest BCUT2D eigenvalue weighted by Gasteiger charge is -2.36. The average molecular weight is 577 g/mol. The lowest BCUT2D eigenvalue weighted by Crippen LogP contribution is -2.27. The highest BCUT2D eigenvalue weighted by molar-refractivity contribution is 7.80. The van der Waals surface area contributed by atoms with Crippen LogP contribution in [0.25, 0.3) is 44.5 Å². The normalized spacial score (nSPS) is 13.3. The number of benzene rings is 6. The summed E-state index contributed by atoms with van der Waals surface area (Å²) in [6.45, 7) is 4.75. The van der Waals surface area contributed by atoms with Gasteiger partial charge in [-0.1, -0.05) is 111 Å². The van der Waals surface area contributed by atoms with Crippen LogP contribution >= 0.6 is 25.3 Å². The monoisotopic (exact) mass is 576 g/mol. The Morgan fingerprint density at radius 2 is 0.833 bits per heavy atom. The van der Waals surface area contributed by atoms with E-state index in [1.54, 1.807) is 0 Å². The maximum atomic E-state index is 4.70. The van der Waals surface area contributed by atoms with Gasteiger partial charge in [-0.05, 0) is 110 Å². The number of hydrogen-bond donors (Lipinski definition) is 2. The molecule has 6 aromatic rings. The first-order chi connectivity index (χ1) is 20.4. The van der Waals surface area contributed by atoms with Gasteiger partial charge < -0.3 is 0 Å². The minimum absolute atomic E-state index is 0.125. The van der Waals surface area contributed by atoms with Gasteiger partial charge in [0.05, 0.1) is 0 Å². The SMILES string of the molecule is CC1(C)c2cc(-c3cccc(-c4ccccc4S)c3)ccc2Cc2ccc(-c3cccc(-c4ccccc4S)c3)cc21. The molecule has 6 aromatic carbocycles. The molecule has 204 valence electrons. The van der Waals surface area contributed by atoms with Crippen LogP contribution in [-0.4, -0.2) is 0 Å². The Labute approximate surface area is 259 Å². The molecule has 0 spiro atoms. The fraction of sp³-hybridized carbons (Fsp3) is 0.100. The molecule has 0 N–H and O–H groups in total. The maximum Gasteiger partial charge on any atom is 0.0152 e. The number of hydrogen-bond acceptors (Lipinski definition) is 2. The second kappa shape index (κ2) is 10.7. The zero-order chi connectivity index (χ0) is 28.8. The van der Waals surface area contributed by atoms with Crippen molar-refractivity contribution in [3.05, 3.63) is 156 Å². The van der Waals surface area contributed by atoms with E-state index in [4.69, 9.17) is 25.3 Å². The van der Waals surface area contributed by atoms with E-state index >= 15 is 0 Å². The van der Waals surface area contributed by atoms with Crippen LogP contribution in [0.1, 0.15) is 36.1 Å². The van der Waals surface area contributed by atoms with E-state index in [9.17, 15) is 0 Å². The fourth-order valence-electron chi connectivity index (χ4n) is 6.50. The van der Waals surface area contributed by atoms with E-state index in [2.05, 4.69) is 123 Å². The van der Waals surface area contributed by atoms with Crippen molar-refractivity contribution in [1.82, 2.24) is 0 Å². The third kappa shape index (κ3) is 4.79. The average Bonchev–Trinajstić information content (AvgIpc) is 3.01. The van der Waals surface area contributed by atoms with Crippen LogP contribution < -0.4 is 0 Å². The fourth-order valence-corrected chi connectivity index (χ4v) is 7.08. The Morgan fingerprint density at radius 3 is 1.29 bits per heavy atom. The zero-order valence-electron chi connectivity index (χ0n) is 23.8. The first-order valence-electron chi connectivity index (χ1n) is 14.4. The first-order valence-corrected chi connectivity index (χ1v) is 15.3. The zero-order valence-corrected chi connectivity index (χ0v) is 25.6. The topological polar surface area (TPSA) is 0 Å². The summed E-state index contributed by atoms with van der Waals surface area (Å²) in [4.78, 5) is 1.99. The minimum atomic E-state index is -0.125. The van der Waals surface area contributed by atoms with Crippen LogP contribution in [0.5, 0.6) is 0 Å². The van der Waals surface area contributed by atoms with Crippen molar-refractivity contribution in [3.63, 3.8) is 0 Å². The van der Waals surface area contributed by atoms with Gasteiger partial charge in [-0.15, -0.1) is 25.3 Å². The second-order valence-corrected chi connectivity index (χ2v) is 12.7. The number of fused-ring (bicyclic) bond motifs is 2. The molecule has 0 unspecified atom stereocenters. The molecule has 0 aliphatic heterocycles. The molecule has 1 aliphatic carbocycles. The van der Waals surface area contributed by atoms with Crippen LogP contribution in [0.15, 0.2) is 143 Å². The van der Waals surface area contributed by atoms with Crippen LogP contribution in [-0.2, 0) is 11.8 Å². The predicted octanol–water partition coefficient (Wildman–Crippen LogP) is 11.2. The second-order valence-electron chi connectivity index (χ2n) is 11.7. The largest absolute Gasteiger partial charge is 0.143 e. The van der Waals surface area contributed by atoms with Crippen molar-refractivity contribution < 1.29 is 0 Å². The Balaban J connectivity index is 1.26. The Morgan fingerprint density at radius 1 is 0.429 bits per heavy atom. The van der Waals surface area contributed by atoms with Crippen molar-refractivity contribution in [2.24, 2.45) is 0 Å². The van der Waals surface area contributed by atoms with Gasteiger partial charge in [-0.25, -0.2) is 0 Å². The lowest BCUT2D eigenvalue weighted by atomic mass is 9.68. The molecular weight excluding hydrogens is 545 g/mol. The third-order valence-electron chi connectivity index (χ3n) is 8.77. The van der Waals surface area contributed by atoms with E-state index in [1.165, 1.54) is 55.6 Å². The highest BCUT2D eigenvalue weighted by Crippen LogP contribution is 2.44. The molecule has 0 aromatic heterocycles. The molecule has 1 aliphatic rings. The van der Waals surface area contributed by atoms with Crippen molar-refractivity contribution in [2.75, 3.05) is 0 Å². The molecule has 0 atom stereocenters. The van der Waals surface area contributed by atoms with Crippen LogP contribution in [0.4, 0.5) is 0 Å². The van der Waals surface area contributed by atoms with Crippen LogP contribution in [0, 0.1) is 0 Å². The van der Waals surface area contributed by atoms with E-state index < -0.39 is 0 Å². The van der Waals surface area contributed by atoms with E-state index in [0.717, 1.165) is 27.3 Å². The number of rotatable bonds is 4. The molecule has 0 nitrogen and oxygen atoms in total. The Hall–Kier alpha value is -3.98. The van der Waals surface area contributed by atoms with Crippen LogP contribution in [0.2, 0.25) is 0 Å². The van der Waals surface area contributed by atoms with Crippen molar-refractivity contribution in [1.29, 1.82) is 0 Å². The Kier molecular flexibility index (Phi) is 6.85. The van der Waals surface area contributed by atoms with Gasteiger partial charge in [0.25, 0.3) is 0 Å². The highest BCUT2D eigenvalue weighted by atomic mass is 32.1. The van der Waals surface area contributed by atoms with Gasteiger partial charge in [0.2, 0.25) is 0 Å². The summed E-state index contributed by atoms with van der Waals surface area (Å²) in [6.07, 6.45) is 0.953. The maximum absolute atomic E-state index is 4.70. The molecule has 0 saturated heterocycles. The lowest BCUT2D eigenvalue weighted by molar-refractivity contribution is 0.611. The molecule has 7 rings (SSSR count). The van der Waals surface area contributed by atoms with Gasteiger partial charge >= 0.3 is 0 Å². The standard InChI is InChI=1S/C40H32S2/c1-40(2)36-24-28(26-9-7-11-30(21-26)34-13-3-5-15-38(34)41)17-19-32(36)23-33-20-18-29(25-37(33)40)27-10-8-12-31(22-27)35-14-4-6-16-39(35)42/h3-22,24-25,41-42H,23H2,1-2H3.